The first-order valence-corrected chi connectivity index (χ1v) is 8.03. The number of aromatic nitrogens is 2. The van der Waals surface area contributed by atoms with Crippen molar-refractivity contribution in [1.82, 2.24) is 14.9 Å². The molecule has 2 heterocycles. The van der Waals surface area contributed by atoms with Gasteiger partial charge in [-0.25, -0.2) is 4.79 Å². The number of imidazole rings is 1. The molecule has 0 unspecified atom stereocenters. The molecule has 6 heteroatoms. The van der Waals surface area contributed by atoms with Gasteiger partial charge in [-0.3, -0.25) is 4.79 Å². The summed E-state index contributed by atoms with van der Waals surface area (Å²) in [7, 11) is 0. The molecule has 4 rings (SSSR count). The van der Waals surface area contributed by atoms with Crippen LogP contribution in [-0.2, 0) is 0 Å². The third-order valence-electron chi connectivity index (χ3n) is 4.47. The van der Waals surface area contributed by atoms with Gasteiger partial charge in [-0.2, -0.15) is 0 Å². The van der Waals surface area contributed by atoms with Gasteiger partial charge in [0.25, 0.3) is 5.91 Å². The minimum Gasteiger partial charge on any atom is -0.368 e. The largest absolute Gasteiger partial charge is 0.368 e. The number of benzene rings is 2. The van der Waals surface area contributed by atoms with Crippen molar-refractivity contribution in [3.05, 3.63) is 64.6 Å². The number of carbonyl (C=O) groups excluding carboxylic acids is 1. The van der Waals surface area contributed by atoms with E-state index in [1.807, 2.05) is 23.1 Å². The molecule has 1 saturated heterocycles. The smallest absolute Gasteiger partial charge is 0.323 e. The number of hydrogen-bond acceptors (Lipinski definition) is 3. The van der Waals surface area contributed by atoms with Crippen LogP contribution >= 0.6 is 0 Å². The topological polar surface area (TPSA) is 72.2 Å². The normalized spacial score (nSPS) is 15.0. The molecule has 0 aliphatic carbocycles. The number of anilines is 1. The van der Waals surface area contributed by atoms with Crippen LogP contribution in [0.15, 0.2) is 53.3 Å². The first kappa shape index (κ1) is 14.6. The first-order chi connectivity index (χ1) is 11.7. The highest BCUT2D eigenvalue weighted by atomic mass is 16.2. The third-order valence-corrected chi connectivity index (χ3v) is 4.47. The highest BCUT2D eigenvalue weighted by molar-refractivity contribution is 6.04. The van der Waals surface area contributed by atoms with Crippen LogP contribution in [0.1, 0.15) is 10.4 Å². The van der Waals surface area contributed by atoms with E-state index in [-0.39, 0.29) is 11.6 Å². The molecular weight excluding hydrogens is 304 g/mol. The van der Waals surface area contributed by atoms with E-state index in [0.29, 0.717) is 29.7 Å². The summed E-state index contributed by atoms with van der Waals surface area (Å²) in [6, 6.07) is 15.6. The number of fused-ring (bicyclic) bond motifs is 1. The van der Waals surface area contributed by atoms with Crippen molar-refractivity contribution in [3.8, 4) is 0 Å². The molecule has 1 aromatic heterocycles. The van der Waals surface area contributed by atoms with Crippen LogP contribution in [0.4, 0.5) is 5.69 Å². The first-order valence-electron chi connectivity index (χ1n) is 8.03. The van der Waals surface area contributed by atoms with Crippen LogP contribution < -0.4 is 10.6 Å². The Kier molecular flexibility index (Phi) is 3.57. The van der Waals surface area contributed by atoms with E-state index >= 15 is 0 Å². The van der Waals surface area contributed by atoms with Crippen molar-refractivity contribution in [1.29, 1.82) is 0 Å². The summed E-state index contributed by atoms with van der Waals surface area (Å²) in [5.74, 6) is -0.0384. The van der Waals surface area contributed by atoms with Gasteiger partial charge in [-0.15, -0.1) is 0 Å². The Hall–Kier alpha value is -3.02. The molecule has 1 aliphatic heterocycles. The van der Waals surface area contributed by atoms with Crippen LogP contribution in [0.25, 0.3) is 11.0 Å². The van der Waals surface area contributed by atoms with Gasteiger partial charge in [0.15, 0.2) is 0 Å². The zero-order valence-electron chi connectivity index (χ0n) is 13.2. The minimum atomic E-state index is -0.292. The monoisotopic (exact) mass is 322 g/mol. The van der Waals surface area contributed by atoms with Crippen LogP contribution in [0.3, 0.4) is 0 Å². The molecule has 1 fully saturated rings. The van der Waals surface area contributed by atoms with E-state index < -0.39 is 0 Å². The standard InChI is InChI=1S/C18H18N4O2/c23-17(14-7-4-8-15-16(14)20-18(24)19-15)22-11-9-21(10-12-22)13-5-2-1-3-6-13/h1-8H,9-12H2,(H2,19,20,24). The number of H-pyrrole nitrogens is 2. The van der Waals surface area contributed by atoms with Crippen LogP contribution in [-0.4, -0.2) is 47.0 Å². The van der Waals surface area contributed by atoms with Gasteiger partial charge in [0.1, 0.15) is 0 Å². The molecule has 0 saturated carbocycles. The lowest BCUT2D eigenvalue weighted by atomic mass is 10.1. The maximum atomic E-state index is 12.8. The highest BCUT2D eigenvalue weighted by Crippen LogP contribution is 2.19. The summed E-state index contributed by atoms with van der Waals surface area (Å²) in [5.41, 5.74) is 2.67. The summed E-state index contributed by atoms with van der Waals surface area (Å²) in [6.45, 7) is 2.93. The van der Waals surface area contributed by atoms with Crippen molar-refractivity contribution < 1.29 is 4.79 Å². The average Bonchev–Trinajstić information content (AvgIpc) is 3.02. The molecule has 0 atom stereocenters. The summed E-state index contributed by atoms with van der Waals surface area (Å²) >= 11 is 0. The maximum absolute atomic E-state index is 12.8. The Bertz CT molecular complexity index is 921. The molecule has 0 bridgehead atoms. The highest BCUT2D eigenvalue weighted by Gasteiger charge is 2.24. The summed E-state index contributed by atoms with van der Waals surface area (Å²) in [6.07, 6.45) is 0. The molecule has 2 aromatic carbocycles. The molecule has 1 aliphatic rings. The van der Waals surface area contributed by atoms with Crippen LogP contribution in [0.2, 0.25) is 0 Å². The van der Waals surface area contributed by atoms with E-state index in [1.165, 1.54) is 5.69 Å². The number of amides is 1. The lowest BCUT2D eigenvalue weighted by molar-refractivity contribution is 0.0748. The molecule has 122 valence electrons. The van der Waals surface area contributed by atoms with E-state index in [2.05, 4.69) is 27.0 Å². The lowest BCUT2D eigenvalue weighted by Crippen LogP contribution is -2.48. The number of aromatic amines is 2. The fraction of sp³-hybridized carbons (Fsp3) is 0.222. The van der Waals surface area contributed by atoms with Crippen molar-refractivity contribution in [2.75, 3.05) is 31.1 Å². The van der Waals surface area contributed by atoms with Gasteiger partial charge >= 0.3 is 5.69 Å². The van der Waals surface area contributed by atoms with E-state index in [4.69, 9.17) is 0 Å². The molecule has 2 N–H and O–H groups in total. The number of rotatable bonds is 2. The van der Waals surface area contributed by atoms with Gasteiger partial charge < -0.3 is 19.8 Å². The number of para-hydroxylation sites is 2. The Labute approximate surface area is 138 Å². The van der Waals surface area contributed by atoms with Gasteiger partial charge in [-0.05, 0) is 24.3 Å². The van der Waals surface area contributed by atoms with Gasteiger partial charge in [0, 0.05) is 31.9 Å². The van der Waals surface area contributed by atoms with Gasteiger partial charge in [0.05, 0.1) is 16.6 Å². The van der Waals surface area contributed by atoms with Crippen LogP contribution in [0, 0.1) is 0 Å². The molecule has 6 nitrogen and oxygen atoms in total. The zero-order valence-corrected chi connectivity index (χ0v) is 13.2. The van der Waals surface area contributed by atoms with Gasteiger partial charge in [-0.1, -0.05) is 24.3 Å². The number of piperazine rings is 1. The van der Waals surface area contributed by atoms with Crippen LogP contribution in [0.5, 0.6) is 0 Å². The Morgan fingerprint density at radius 2 is 1.62 bits per heavy atom. The number of carbonyl (C=O) groups is 1. The Morgan fingerprint density at radius 1 is 0.875 bits per heavy atom. The predicted octanol–water partition coefficient (Wildman–Crippen LogP) is 1.82. The van der Waals surface area contributed by atoms with E-state index in [1.54, 1.807) is 18.2 Å². The summed E-state index contributed by atoms with van der Waals surface area (Å²) in [4.78, 5) is 33.9. The fourth-order valence-electron chi connectivity index (χ4n) is 3.21. The maximum Gasteiger partial charge on any atom is 0.323 e. The summed E-state index contributed by atoms with van der Waals surface area (Å²) < 4.78 is 0. The second-order valence-electron chi connectivity index (χ2n) is 5.92. The zero-order chi connectivity index (χ0) is 16.5. The SMILES string of the molecule is O=C(c1cccc2[nH]c(=O)[nH]c12)N1CCN(c2ccccc2)CC1. The average molecular weight is 322 g/mol. The van der Waals surface area contributed by atoms with Gasteiger partial charge in [0.2, 0.25) is 0 Å². The molecule has 3 aromatic rings. The Morgan fingerprint density at radius 3 is 2.38 bits per heavy atom. The fourth-order valence-corrected chi connectivity index (χ4v) is 3.21. The molecule has 1 amide bonds. The van der Waals surface area contributed by atoms with Crippen molar-refractivity contribution >= 4 is 22.6 Å². The van der Waals surface area contributed by atoms with E-state index in [9.17, 15) is 9.59 Å². The molecular formula is C18H18N4O2. The lowest BCUT2D eigenvalue weighted by Gasteiger charge is -2.36. The Balaban J connectivity index is 1.53. The third kappa shape index (κ3) is 2.56. The van der Waals surface area contributed by atoms with Crippen molar-refractivity contribution in [3.63, 3.8) is 0 Å². The summed E-state index contributed by atoms with van der Waals surface area (Å²) in [5, 5.41) is 0. The van der Waals surface area contributed by atoms with Crippen molar-refractivity contribution in [2.24, 2.45) is 0 Å². The molecule has 24 heavy (non-hydrogen) atoms. The van der Waals surface area contributed by atoms with E-state index in [0.717, 1.165) is 13.1 Å². The second-order valence-corrected chi connectivity index (χ2v) is 5.92. The molecule has 0 radical (unpaired) electrons. The number of nitrogens with one attached hydrogen (secondary N) is 2. The predicted molar refractivity (Wildman–Crippen MR) is 93.5 cm³/mol. The van der Waals surface area contributed by atoms with Crippen molar-refractivity contribution in [2.45, 2.75) is 0 Å². The second kappa shape index (κ2) is 5.88. The molecule has 0 spiro atoms. The number of nitrogens with zero attached hydrogens (tertiary/aromatic N) is 2. The minimum absolute atomic E-state index is 0.0384. The quantitative estimate of drug-likeness (QED) is 0.756. The number of hydrogen-bond donors (Lipinski definition) is 2.